The van der Waals surface area contributed by atoms with Gasteiger partial charge in [0.25, 0.3) is 11.4 Å². The highest BCUT2D eigenvalue weighted by molar-refractivity contribution is 7.15. The van der Waals surface area contributed by atoms with Gasteiger partial charge in [0, 0.05) is 30.2 Å². The van der Waals surface area contributed by atoms with Gasteiger partial charge in [-0.1, -0.05) is 0 Å². The van der Waals surface area contributed by atoms with Gasteiger partial charge in [-0.3, -0.25) is 9.20 Å². The first-order valence-electron chi connectivity index (χ1n) is 5.69. The molecule has 3 rings (SSSR count). The van der Waals surface area contributed by atoms with Crippen molar-refractivity contribution >= 4 is 16.3 Å². The molecule has 3 aromatic rings. The molecule has 0 atom stereocenters. The molecule has 3 aromatic heterocycles. The number of nitrogens with two attached hydrogens (primary N) is 1. The molecular weight excluding hydrogens is 266 g/mol. The van der Waals surface area contributed by atoms with Crippen molar-refractivity contribution in [3.63, 3.8) is 0 Å². The molecule has 3 heterocycles. The highest BCUT2D eigenvalue weighted by Crippen LogP contribution is 2.16. The number of fused-ring (bicyclic) bond motifs is 1. The first-order valence-corrected chi connectivity index (χ1v) is 6.57. The van der Waals surface area contributed by atoms with Gasteiger partial charge >= 0.3 is 0 Å². The average molecular weight is 277 g/mol. The molecule has 8 heteroatoms. The molecule has 0 aliphatic rings. The molecule has 0 amide bonds. The van der Waals surface area contributed by atoms with Crippen molar-refractivity contribution in [1.82, 2.24) is 19.6 Å². The second kappa shape index (κ2) is 4.56. The van der Waals surface area contributed by atoms with Crippen LogP contribution in [0, 0.1) is 6.92 Å². The maximum Gasteiger partial charge on any atom is 0.271 e. The predicted molar refractivity (Wildman–Crippen MR) is 70.1 cm³/mol. The molecule has 0 radical (unpaired) electrons. The zero-order valence-corrected chi connectivity index (χ0v) is 11.0. The van der Waals surface area contributed by atoms with Crippen LogP contribution < -0.4 is 11.3 Å². The van der Waals surface area contributed by atoms with Crippen molar-refractivity contribution in [3.8, 4) is 11.5 Å². The van der Waals surface area contributed by atoms with Gasteiger partial charge in [0.1, 0.15) is 5.56 Å². The van der Waals surface area contributed by atoms with Crippen molar-refractivity contribution in [2.24, 2.45) is 5.73 Å². The first kappa shape index (κ1) is 12.0. The molecule has 0 aliphatic heterocycles. The van der Waals surface area contributed by atoms with Crippen LogP contribution in [0.15, 0.2) is 20.8 Å². The van der Waals surface area contributed by atoms with Gasteiger partial charge in [0.2, 0.25) is 5.89 Å². The van der Waals surface area contributed by atoms with Gasteiger partial charge in [-0.05, 0) is 6.92 Å². The molecule has 0 bridgehead atoms. The highest BCUT2D eigenvalue weighted by Gasteiger charge is 2.15. The number of nitrogens with zero attached hydrogens (tertiary/aromatic N) is 4. The zero-order valence-electron chi connectivity index (χ0n) is 10.2. The Morgan fingerprint density at radius 2 is 2.32 bits per heavy atom. The summed E-state index contributed by atoms with van der Waals surface area (Å²) in [5, 5.41) is 9.58. The molecule has 0 unspecified atom stereocenters. The van der Waals surface area contributed by atoms with E-state index in [1.165, 1.54) is 21.9 Å². The van der Waals surface area contributed by atoms with Crippen LogP contribution in [0.5, 0.6) is 0 Å². The lowest BCUT2D eigenvalue weighted by Gasteiger charge is -1.97. The van der Waals surface area contributed by atoms with Gasteiger partial charge in [0.15, 0.2) is 4.96 Å². The zero-order chi connectivity index (χ0) is 13.4. The summed E-state index contributed by atoms with van der Waals surface area (Å²) < 4.78 is 6.94. The molecule has 2 N–H and O–H groups in total. The summed E-state index contributed by atoms with van der Waals surface area (Å²) in [6.45, 7) is 2.27. The molecule has 0 saturated carbocycles. The maximum absolute atomic E-state index is 12.4. The van der Waals surface area contributed by atoms with Crippen molar-refractivity contribution in [1.29, 1.82) is 0 Å². The van der Waals surface area contributed by atoms with Gasteiger partial charge < -0.3 is 10.2 Å². The summed E-state index contributed by atoms with van der Waals surface area (Å²) in [6.07, 6.45) is 1.95. The fraction of sp³-hybridized carbons (Fsp3) is 0.273. The van der Waals surface area contributed by atoms with Crippen LogP contribution in [0.4, 0.5) is 0 Å². The van der Waals surface area contributed by atoms with Crippen molar-refractivity contribution in [2.75, 3.05) is 6.54 Å². The van der Waals surface area contributed by atoms with Gasteiger partial charge in [0.05, 0.1) is 0 Å². The van der Waals surface area contributed by atoms with Crippen LogP contribution in [0.1, 0.15) is 11.6 Å². The molecule has 19 heavy (non-hydrogen) atoms. The van der Waals surface area contributed by atoms with Gasteiger partial charge in [-0.25, -0.2) is 4.98 Å². The Kier molecular flexibility index (Phi) is 2.88. The minimum absolute atomic E-state index is 0.181. The van der Waals surface area contributed by atoms with E-state index in [0.717, 1.165) is 5.69 Å². The number of hydrogen-bond acceptors (Lipinski definition) is 7. The minimum Gasteiger partial charge on any atom is -0.420 e. The van der Waals surface area contributed by atoms with Crippen molar-refractivity contribution < 1.29 is 4.42 Å². The summed E-state index contributed by atoms with van der Waals surface area (Å²) in [4.78, 5) is 17.2. The Labute approximate surface area is 111 Å². The molecule has 0 saturated heterocycles. The number of hydrogen-bond donors (Lipinski definition) is 1. The Morgan fingerprint density at radius 1 is 1.47 bits per heavy atom. The lowest BCUT2D eigenvalue weighted by atomic mass is 10.3. The van der Waals surface area contributed by atoms with Gasteiger partial charge in [-0.15, -0.1) is 21.5 Å². The van der Waals surface area contributed by atoms with E-state index >= 15 is 0 Å². The summed E-state index contributed by atoms with van der Waals surface area (Å²) >= 11 is 1.41. The molecule has 0 aliphatic carbocycles. The molecular formula is C11H11N5O2S. The molecule has 0 aromatic carbocycles. The normalized spacial score (nSPS) is 11.3. The van der Waals surface area contributed by atoms with E-state index in [-0.39, 0.29) is 11.4 Å². The van der Waals surface area contributed by atoms with E-state index in [1.54, 1.807) is 0 Å². The van der Waals surface area contributed by atoms with Crippen molar-refractivity contribution in [2.45, 2.75) is 13.3 Å². The summed E-state index contributed by atoms with van der Waals surface area (Å²) in [5.41, 5.74) is 6.35. The van der Waals surface area contributed by atoms with Crippen LogP contribution in [0.3, 0.4) is 0 Å². The Hall–Kier alpha value is -2.06. The Balaban J connectivity index is 2.16. The number of thiazole rings is 1. The average Bonchev–Trinajstić information content (AvgIpc) is 2.98. The monoisotopic (exact) mass is 277 g/mol. The highest BCUT2D eigenvalue weighted by atomic mass is 32.1. The van der Waals surface area contributed by atoms with Crippen LogP contribution in [-0.2, 0) is 6.42 Å². The lowest BCUT2D eigenvalue weighted by molar-refractivity contribution is 0.506. The largest absolute Gasteiger partial charge is 0.420 e. The van der Waals surface area contributed by atoms with Crippen LogP contribution in [-0.4, -0.2) is 26.1 Å². The summed E-state index contributed by atoms with van der Waals surface area (Å²) in [5.74, 6) is 0.602. The van der Waals surface area contributed by atoms with Crippen LogP contribution >= 0.6 is 11.3 Å². The quantitative estimate of drug-likeness (QED) is 0.753. The molecule has 98 valence electrons. The van der Waals surface area contributed by atoms with E-state index in [9.17, 15) is 4.79 Å². The predicted octanol–water partition coefficient (Wildman–Crippen LogP) is 0.616. The smallest absolute Gasteiger partial charge is 0.271 e. The second-order valence-corrected chi connectivity index (χ2v) is 4.85. The number of rotatable bonds is 3. The minimum atomic E-state index is -0.202. The van der Waals surface area contributed by atoms with Gasteiger partial charge in [-0.2, -0.15) is 0 Å². The second-order valence-electron chi connectivity index (χ2n) is 4.01. The molecule has 0 spiro atoms. The van der Waals surface area contributed by atoms with Crippen molar-refractivity contribution in [3.05, 3.63) is 33.5 Å². The van der Waals surface area contributed by atoms with E-state index in [1.807, 2.05) is 12.3 Å². The topological polar surface area (TPSA) is 99.3 Å². The summed E-state index contributed by atoms with van der Waals surface area (Å²) in [7, 11) is 0. The molecule has 0 fully saturated rings. The lowest BCUT2D eigenvalue weighted by Crippen LogP contribution is -2.16. The SMILES string of the molecule is Cc1csc2ncc(-c3nnc(CCN)o3)c(=O)n12. The Bertz CT molecular complexity index is 788. The third-order valence-corrected chi connectivity index (χ3v) is 3.63. The fourth-order valence-electron chi connectivity index (χ4n) is 1.76. The van der Waals surface area contributed by atoms with Crippen LogP contribution in [0.2, 0.25) is 0 Å². The standard InChI is InChI=1S/C11H11N5O2S/c1-6-5-19-11-13-4-7(10(17)16(6)11)9-15-14-8(18-9)2-3-12/h4-5H,2-3,12H2,1H3. The third kappa shape index (κ3) is 1.94. The Morgan fingerprint density at radius 3 is 3.11 bits per heavy atom. The molecule has 7 nitrogen and oxygen atoms in total. The van der Waals surface area contributed by atoms with Crippen LogP contribution in [0.25, 0.3) is 16.4 Å². The third-order valence-electron chi connectivity index (χ3n) is 2.67. The first-order chi connectivity index (χ1) is 9.20. The van der Waals surface area contributed by atoms with E-state index in [2.05, 4.69) is 15.2 Å². The van der Waals surface area contributed by atoms with E-state index < -0.39 is 0 Å². The maximum atomic E-state index is 12.4. The summed E-state index contributed by atoms with van der Waals surface area (Å²) in [6, 6.07) is 0. The van der Waals surface area contributed by atoms with E-state index in [0.29, 0.717) is 29.4 Å². The number of aromatic nitrogens is 4. The number of aryl methyl sites for hydroxylation is 1. The fourth-order valence-corrected chi connectivity index (χ4v) is 2.59. The van der Waals surface area contributed by atoms with E-state index in [4.69, 9.17) is 10.2 Å².